The molecule has 0 saturated carbocycles. The molecule has 0 radical (unpaired) electrons. The van der Waals surface area contributed by atoms with Crippen LogP contribution in [0.15, 0.2) is 338 Å². The second-order valence-corrected chi connectivity index (χ2v) is 20.6. The van der Waals surface area contributed by atoms with E-state index in [1.807, 2.05) is 0 Å². The summed E-state index contributed by atoms with van der Waals surface area (Å²) in [5, 5.41) is 0. The maximum Gasteiger partial charge on any atom is 0.132 e. The van der Waals surface area contributed by atoms with E-state index in [2.05, 4.69) is 335 Å². The molecule has 0 bridgehead atoms. The molecule has 0 fully saturated rings. The lowest BCUT2D eigenvalue weighted by Crippen LogP contribution is -2.53. The number of hydrogen-bond acceptors (Lipinski definition) is 6. The van der Waals surface area contributed by atoms with Crippen LogP contribution in [0.1, 0.15) is 11.1 Å². The van der Waals surface area contributed by atoms with E-state index in [9.17, 15) is 0 Å². The van der Waals surface area contributed by atoms with Crippen molar-refractivity contribution < 1.29 is 0 Å². The van der Waals surface area contributed by atoms with Gasteiger partial charge in [-0.3, -0.25) is 0 Å². The van der Waals surface area contributed by atoms with Gasteiger partial charge in [-0.25, -0.2) is 0 Å². The van der Waals surface area contributed by atoms with Crippen LogP contribution in [0.4, 0.5) is 56.9 Å². The summed E-state index contributed by atoms with van der Waals surface area (Å²) in [6.07, 6.45) is 13.6. The average Bonchev–Trinajstić information content (AvgIpc) is 2.86. The van der Waals surface area contributed by atoms with Crippen molar-refractivity contribution in [2.75, 3.05) is 19.6 Å². The fourth-order valence-corrected chi connectivity index (χ4v) is 12.7. The lowest BCUT2D eigenvalue weighted by Gasteiger charge is -2.44. The maximum absolute atomic E-state index is 8.17. The summed E-state index contributed by atoms with van der Waals surface area (Å²) in [4.78, 5) is 9.26. The van der Waals surface area contributed by atoms with Crippen molar-refractivity contribution in [2.24, 2.45) is 11.5 Å². The van der Waals surface area contributed by atoms with Crippen LogP contribution in [0.25, 0.3) is 11.1 Å². The van der Waals surface area contributed by atoms with Gasteiger partial charge in [-0.15, -0.1) is 0 Å². The van der Waals surface area contributed by atoms with Gasteiger partial charge in [0, 0.05) is 56.9 Å². The van der Waals surface area contributed by atoms with Crippen LogP contribution in [0.3, 0.4) is 0 Å². The first kappa shape index (κ1) is 47.5. The summed E-state index contributed by atoms with van der Waals surface area (Å²) in [5.41, 5.74) is 32.1. The molecule has 79 heavy (non-hydrogen) atoms. The molecular formula is C73H56N6. The summed E-state index contributed by atoms with van der Waals surface area (Å²) < 4.78 is 0. The predicted octanol–water partition coefficient (Wildman–Crippen LogP) is 17.2. The lowest BCUT2D eigenvalue weighted by atomic mass is 9.66. The molecular weight excluding hydrogens is 961 g/mol. The fraction of sp³-hybridized carbons (Fsp3) is 0.0411. The highest BCUT2D eigenvalue weighted by molar-refractivity contribution is 5.97. The van der Waals surface area contributed by atoms with E-state index >= 15 is 0 Å². The van der Waals surface area contributed by atoms with Crippen LogP contribution in [0.2, 0.25) is 0 Å². The van der Waals surface area contributed by atoms with Gasteiger partial charge in [0.15, 0.2) is 0 Å². The minimum Gasteiger partial charge on any atom is -0.316 e. The highest BCUT2D eigenvalue weighted by Crippen LogP contribution is 2.67. The molecule has 4 aliphatic rings. The van der Waals surface area contributed by atoms with Gasteiger partial charge < -0.3 is 31.1 Å². The van der Waals surface area contributed by atoms with Crippen molar-refractivity contribution in [1.29, 1.82) is 0 Å². The van der Waals surface area contributed by atoms with E-state index in [1.54, 1.807) is 0 Å². The van der Waals surface area contributed by atoms with Gasteiger partial charge in [-0.05, 0) is 190 Å². The zero-order chi connectivity index (χ0) is 53.0. The minimum absolute atomic E-state index is 0.972. The number of benzene rings is 10. The van der Waals surface area contributed by atoms with Crippen molar-refractivity contribution in [1.82, 2.24) is 0 Å². The molecule has 2 atom stereocenters. The van der Waals surface area contributed by atoms with Crippen LogP contribution in [0.5, 0.6) is 0 Å². The third kappa shape index (κ3) is 7.88. The van der Waals surface area contributed by atoms with Crippen molar-refractivity contribution in [3.05, 3.63) is 349 Å². The molecule has 0 saturated heterocycles. The average molecular weight is 1020 g/mol. The number of nitrogens with two attached hydrogens (primary N) is 2. The number of anilines is 10. The standard InChI is InChI=1S/C73H56N6/c74-71(78(57-33-17-5-18-34-57)58-35-19-6-20-36-58)47-45-65-66-46-48-72(75,79(59-37-21-7-22-38-59)60-39-23-8-24-40-60)52-70(66)73(69(65)51-71)67-49-61(76(53-25-9-1-10-26-53)54-27-11-2-12-28-54)41-43-63(67)64-44-42-62(50-68(64)73)77(55-29-13-3-14-30-55)56-31-15-4-16-32-56/h1-52H,74-75H2. The Hall–Kier alpha value is -9.98. The van der Waals surface area contributed by atoms with Crippen molar-refractivity contribution >= 4 is 56.9 Å². The van der Waals surface area contributed by atoms with Gasteiger partial charge in [-0.1, -0.05) is 170 Å². The Labute approximate surface area is 462 Å². The maximum atomic E-state index is 8.17. The van der Waals surface area contributed by atoms with Gasteiger partial charge in [-0.2, -0.15) is 0 Å². The summed E-state index contributed by atoms with van der Waals surface area (Å²) in [6, 6.07) is 98.8. The Kier molecular flexibility index (Phi) is 11.6. The van der Waals surface area contributed by atoms with E-state index in [0.29, 0.717) is 0 Å². The molecule has 0 heterocycles. The first-order chi connectivity index (χ1) is 38.9. The monoisotopic (exact) mass is 1020 g/mol. The summed E-state index contributed by atoms with van der Waals surface area (Å²) in [7, 11) is 0. The molecule has 6 heteroatoms. The Morgan fingerprint density at radius 1 is 0.266 bits per heavy atom. The van der Waals surface area contributed by atoms with Crippen LogP contribution in [0, 0.1) is 0 Å². The number of rotatable bonds is 12. The van der Waals surface area contributed by atoms with Gasteiger partial charge in [0.1, 0.15) is 11.3 Å². The number of para-hydroxylation sites is 8. The molecule has 10 aromatic rings. The highest BCUT2D eigenvalue weighted by atomic mass is 15.3. The number of nitrogens with zero attached hydrogens (tertiary/aromatic N) is 4. The zero-order valence-electron chi connectivity index (χ0n) is 43.5. The second kappa shape index (κ2) is 19.2. The van der Waals surface area contributed by atoms with Gasteiger partial charge in [0.05, 0.1) is 5.41 Å². The predicted molar refractivity (Wildman–Crippen MR) is 327 cm³/mol. The van der Waals surface area contributed by atoms with E-state index in [4.69, 9.17) is 11.5 Å². The number of hydrogen-bond donors (Lipinski definition) is 2. The lowest BCUT2D eigenvalue weighted by molar-refractivity contribution is 0.625. The van der Waals surface area contributed by atoms with E-state index in [-0.39, 0.29) is 0 Å². The smallest absolute Gasteiger partial charge is 0.132 e. The molecule has 0 amide bonds. The van der Waals surface area contributed by atoms with E-state index in [1.165, 1.54) is 0 Å². The largest absolute Gasteiger partial charge is 0.316 e. The molecule has 1 spiro atoms. The Bertz CT molecular complexity index is 3610. The molecule has 6 nitrogen and oxygen atoms in total. The molecule has 0 aromatic heterocycles. The van der Waals surface area contributed by atoms with Crippen LogP contribution < -0.4 is 31.1 Å². The third-order valence-corrected chi connectivity index (χ3v) is 16.0. The molecule has 378 valence electrons. The van der Waals surface area contributed by atoms with Gasteiger partial charge in [0.2, 0.25) is 0 Å². The van der Waals surface area contributed by atoms with Crippen LogP contribution in [-0.2, 0) is 5.41 Å². The van der Waals surface area contributed by atoms with Gasteiger partial charge >= 0.3 is 0 Å². The quantitative estimate of drug-likeness (QED) is 0.119. The molecule has 4 aliphatic carbocycles. The summed E-state index contributed by atoms with van der Waals surface area (Å²) in [5.74, 6) is 0. The number of fused-ring (bicyclic) bond motifs is 9. The third-order valence-electron chi connectivity index (χ3n) is 16.0. The second-order valence-electron chi connectivity index (χ2n) is 20.6. The van der Waals surface area contributed by atoms with Gasteiger partial charge in [0.25, 0.3) is 0 Å². The topological polar surface area (TPSA) is 65.0 Å². The van der Waals surface area contributed by atoms with Crippen molar-refractivity contribution in [3.8, 4) is 11.1 Å². The Morgan fingerprint density at radius 3 is 0.785 bits per heavy atom. The fourth-order valence-electron chi connectivity index (χ4n) is 12.7. The van der Waals surface area contributed by atoms with Crippen LogP contribution in [-0.4, -0.2) is 11.3 Å². The Balaban J connectivity index is 1.10. The zero-order valence-corrected chi connectivity index (χ0v) is 43.5. The molecule has 0 aliphatic heterocycles. The highest BCUT2D eigenvalue weighted by Gasteiger charge is 2.58. The van der Waals surface area contributed by atoms with Crippen molar-refractivity contribution in [2.45, 2.75) is 16.7 Å². The van der Waals surface area contributed by atoms with E-state index < -0.39 is 16.7 Å². The number of allylic oxidation sites excluding steroid dienone is 6. The van der Waals surface area contributed by atoms with Crippen molar-refractivity contribution in [3.63, 3.8) is 0 Å². The van der Waals surface area contributed by atoms with E-state index in [0.717, 1.165) is 101 Å². The first-order valence-electron chi connectivity index (χ1n) is 27.0. The molecule has 14 rings (SSSR count). The minimum atomic E-state index is -1.16. The summed E-state index contributed by atoms with van der Waals surface area (Å²) >= 11 is 0. The Morgan fingerprint density at radius 2 is 0.519 bits per heavy atom. The summed E-state index contributed by atoms with van der Waals surface area (Å²) in [6.45, 7) is 0. The van der Waals surface area contributed by atoms with Crippen LogP contribution >= 0.6 is 0 Å². The first-order valence-corrected chi connectivity index (χ1v) is 27.0. The molecule has 4 N–H and O–H groups in total. The molecule has 2 unspecified atom stereocenters. The normalized spacial score (nSPS) is 17.9. The SMILES string of the molecule is NC1(N(c2ccccc2)c2ccccc2)C=CC2=C3C=CC(N)(N(c4ccccc4)c4ccccc4)C=C3C3(C2=C1)c1cc(N(c2ccccc2)c2ccccc2)ccc1-c1ccc(N(c2ccccc2)c2ccccc2)cc13. The molecule has 10 aromatic carbocycles.